The van der Waals surface area contributed by atoms with Crippen LogP contribution in [0.1, 0.15) is 42.9 Å². The van der Waals surface area contributed by atoms with Crippen molar-refractivity contribution >= 4 is 11.1 Å². The molecule has 0 saturated heterocycles. The van der Waals surface area contributed by atoms with Crippen molar-refractivity contribution in [3.8, 4) is 22.8 Å². The molecule has 3 heterocycles. The van der Waals surface area contributed by atoms with Crippen LogP contribution in [0, 0.1) is 11.6 Å². The fourth-order valence-corrected chi connectivity index (χ4v) is 4.90. The first-order valence-corrected chi connectivity index (χ1v) is 12.0. The molecule has 3 aliphatic rings. The van der Waals surface area contributed by atoms with Crippen molar-refractivity contribution in [2.45, 2.75) is 31.7 Å². The quantitative estimate of drug-likeness (QED) is 0.565. The lowest BCUT2D eigenvalue weighted by Crippen LogP contribution is -2.20. The minimum Gasteiger partial charge on any atom is -0.313 e. The van der Waals surface area contributed by atoms with Gasteiger partial charge in [0.2, 0.25) is 0 Å². The van der Waals surface area contributed by atoms with Crippen LogP contribution in [-0.4, -0.2) is 40.9 Å². The zero-order chi connectivity index (χ0) is 23.1. The summed E-state index contributed by atoms with van der Waals surface area (Å²) in [5.74, 6) is 0.272. The second-order valence-corrected chi connectivity index (χ2v) is 9.20. The van der Waals surface area contributed by atoms with Gasteiger partial charge in [-0.05, 0) is 85.3 Å². The molecule has 0 unspecified atom stereocenters. The highest BCUT2D eigenvalue weighted by atomic mass is 19.1. The summed E-state index contributed by atoms with van der Waals surface area (Å²) in [6.45, 7) is 3.40. The minimum atomic E-state index is -0.327. The Labute approximate surface area is 197 Å². The summed E-state index contributed by atoms with van der Waals surface area (Å²) in [7, 11) is 0. The van der Waals surface area contributed by atoms with E-state index < -0.39 is 0 Å². The Morgan fingerprint density at radius 3 is 1.62 bits per heavy atom. The molecule has 0 atom stereocenters. The Bertz CT molecular complexity index is 1210. The van der Waals surface area contributed by atoms with E-state index >= 15 is 8.78 Å². The largest absolute Gasteiger partial charge is 0.313 e. The number of hydrogen-bond donors (Lipinski definition) is 2. The number of nitrogens with zero attached hydrogens (tertiary/aromatic N) is 3. The zero-order valence-corrected chi connectivity index (χ0v) is 19.0. The maximum atomic E-state index is 15.3. The number of aromatic nitrogens is 3. The predicted octanol–water partition coefficient (Wildman–Crippen LogP) is 4.98. The average molecular weight is 460 g/mol. The molecule has 0 radical (unpaired) electrons. The van der Waals surface area contributed by atoms with Gasteiger partial charge in [0.15, 0.2) is 11.6 Å². The van der Waals surface area contributed by atoms with Crippen LogP contribution >= 0.6 is 0 Å². The maximum absolute atomic E-state index is 15.3. The van der Waals surface area contributed by atoms with Crippen molar-refractivity contribution in [1.29, 1.82) is 0 Å². The van der Waals surface area contributed by atoms with E-state index in [1.165, 1.54) is 0 Å². The zero-order valence-electron chi connectivity index (χ0n) is 19.0. The number of rotatable bonds is 5. The molecular formula is C27H27F2N5. The van der Waals surface area contributed by atoms with Crippen LogP contribution in [0.15, 0.2) is 48.6 Å². The van der Waals surface area contributed by atoms with E-state index in [1.807, 2.05) is 16.7 Å². The van der Waals surface area contributed by atoms with Gasteiger partial charge in [-0.1, -0.05) is 24.3 Å². The van der Waals surface area contributed by atoms with E-state index in [0.717, 1.165) is 74.1 Å². The summed E-state index contributed by atoms with van der Waals surface area (Å²) in [6, 6.07) is 10.8. The fraction of sp³-hybridized carbons (Fsp3) is 0.333. The van der Waals surface area contributed by atoms with Crippen molar-refractivity contribution in [3.63, 3.8) is 0 Å². The van der Waals surface area contributed by atoms with Crippen LogP contribution in [0.25, 0.3) is 33.9 Å². The van der Waals surface area contributed by atoms with E-state index in [4.69, 9.17) is 0 Å². The third kappa shape index (κ3) is 3.99. The van der Waals surface area contributed by atoms with Crippen LogP contribution in [0.2, 0.25) is 0 Å². The van der Waals surface area contributed by atoms with E-state index in [9.17, 15) is 0 Å². The second kappa shape index (κ2) is 8.89. The third-order valence-electron chi connectivity index (χ3n) is 6.90. The fourth-order valence-electron chi connectivity index (χ4n) is 4.90. The summed E-state index contributed by atoms with van der Waals surface area (Å²) in [5, 5.41) is 15.2. The van der Waals surface area contributed by atoms with E-state index in [-0.39, 0.29) is 17.7 Å². The van der Waals surface area contributed by atoms with Gasteiger partial charge in [0.05, 0.1) is 11.1 Å². The van der Waals surface area contributed by atoms with Gasteiger partial charge in [-0.3, -0.25) is 0 Å². The molecule has 7 heteroatoms. The summed E-state index contributed by atoms with van der Waals surface area (Å²) in [6.07, 6.45) is 7.88. The Morgan fingerprint density at radius 1 is 0.735 bits per heavy atom. The molecule has 3 aromatic rings. The van der Waals surface area contributed by atoms with Crippen LogP contribution in [0.4, 0.5) is 8.78 Å². The predicted molar refractivity (Wildman–Crippen MR) is 130 cm³/mol. The first-order valence-electron chi connectivity index (χ1n) is 12.0. The summed E-state index contributed by atoms with van der Waals surface area (Å²) >= 11 is 0. The lowest BCUT2D eigenvalue weighted by molar-refractivity contribution is 0.623. The highest BCUT2D eigenvalue weighted by Gasteiger charge is 2.32. The van der Waals surface area contributed by atoms with Gasteiger partial charge in [-0.2, -0.15) is 0 Å². The molecule has 1 aliphatic carbocycles. The van der Waals surface area contributed by atoms with Crippen LogP contribution in [0.5, 0.6) is 0 Å². The number of benzene rings is 2. The van der Waals surface area contributed by atoms with E-state index in [2.05, 4.69) is 33.0 Å². The SMILES string of the molecule is Fc1cc(C2=CCNCC2)ccc1-c1nnc(-c2ccc(C3=CCNCC3)cc2F)n1C1CC1. The van der Waals surface area contributed by atoms with Gasteiger partial charge in [-0.15, -0.1) is 10.2 Å². The molecule has 1 saturated carbocycles. The van der Waals surface area contributed by atoms with E-state index in [1.54, 1.807) is 24.3 Å². The normalized spacial score (nSPS) is 18.5. The van der Waals surface area contributed by atoms with Crippen LogP contribution in [-0.2, 0) is 0 Å². The Morgan fingerprint density at radius 2 is 1.24 bits per heavy atom. The highest BCUT2D eigenvalue weighted by molar-refractivity contribution is 5.72. The van der Waals surface area contributed by atoms with Crippen molar-refractivity contribution in [3.05, 3.63) is 71.3 Å². The molecular weight excluding hydrogens is 432 g/mol. The van der Waals surface area contributed by atoms with Gasteiger partial charge in [0.1, 0.15) is 11.6 Å². The summed E-state index contributed by atoms with van der Waals surface area (Å²) in [4.78, 5) is 0. The maximum Gasteiger partial charge on any atom is 0.167 e. The van der Waals surface area contributed by atoms with Gasteiger partial charge in [0.25, 0.3) is 0 Å². The lowest BCUT2D eigenvalue weighted by Gasteiger charge is -2.16. The van der Waals surface area contributed by atoms with Crippen molar-refractivity contribution in [2.75, 3.05) is 26.2 Å². The van der Waals surface area contributed by atoms with Gasteiger partial charge in [-0.25, -0.2) is 8.78 Å². The standard InChI is InChI=1S/C27H27F2N5/c28-24-15-19(17-7-11-30-12-8-17)1-5-22(24)26-32-33-27(34(26)21-3-4-21)23-6-2-20(16-25(23)29)18-9-13-31-14-10-18/h1-2,5-7,9,15-16,21,30-31H,3-4,8,10-14H2. The molecule has 6 rings (SSSR count). The summed E-state index contributed by atoms with van der Waals surface area (Å²) in [5.41, 5.74) is 4.91. The Kier molecular flexibility index (Phi) is 5.59. The minimum absolute atomic E-state index is 0.164. The van der Waals surface area contributed by atoms with Crippen molar-refractivity contribution < 1.29 is 8.78 Å². The molecule has 1 fully saturated rings. The topological polar surface area (TPSA) is 54.8 Å². The Hall–Kier alpha value is -3.16. The molecule has 5 nitrogen and oxygen atoms in total. The number of hydrogen-bond acceptors (Lipinski definition) is 4. The molecule has 34 heavy (non-hydrogen) atoms. The number of nitrogens with one attached hydrogen (secondary N) is 2. The first kappa shape index (κ1) is 21.4. The molecule has 0 bridgehead atoms. The number of halogens is 2. The molecule has 2 aromatic carbocycles. The molecule has 0 spiro atoms. The second-order valence-electron chi connectivity index (χ2n) is 9.20. The molecule has 0 amide bonds. The molecule has 1 aromatic heterocycles. The smallest absolute Gasteiger partial charge is 0.167 e. The highest BCUT2D eigenvalue weighted by Crippen LogP contribution is 2.42. The first-order chi connectivity index (χ1) is 16.7. The molecule has 2 N–H and O–H groups in total. The molecule has 174 valence electrons. The Balaban J connectivity index is 1.37. The van der Waals surface area contributed by atoms with Crippen LogP contribution < -0.4 is 10.6 Å². The monoisotopic (exact) mass is 459 g/mol. The van der Waals surface area contributed by atoms with Gasteiger partial charge >= 0.3 is 0 Å². The van der Waals surface area contributed by atoms with Crippen molar-refractivity contribution in [1.82, 2.24) is 25.4 Å². The summed E-state index contributed by atoms with van der Waals surface area (Å²) < 4.78 is 32.5. The van der Waals surface area contributed by atoms with Crippen LogP contribution in [0.3, 0.4) is 0 Å². The van der Waals surface area contributed by atoms with Gasteiger partial charge in [0, 0.05) is 19.1 Å². The van der Waals surface area contributed by atoms with E-state index in [0.29, 0.717) is 22.8 Å². The average Bonchev–Trinajstić information content (AvgIpc) is 3.63. The van der Waals surface area contributed by atoms with Crippen molar-refractivity contribution in [2.24, 2.45) is 0 Å². The third-order valence-corrected chi connectivity index (χ3v) is 6.90. The molecule has 2 aliphatic heterocycles. The van der Waals surface area contributed by atoms with Gasteiger partial charge < -0.3 is 15.2 Å². The lowest BCUT2D eigenvalue weighted by atomic mass is 9.98.